The van der Waals surface area contributed by atoms with E-state index in [9.17, 15) is 4.79 Å². The van der Waals surface area contributed by atoms with Gasteiger partial charge in [-0.1, -0.05) is 12.1 Å². The molecule has 0 bridgehead atoms. The molecule has 3 heterocycles. The molecule has 4 rings (SSSR count). The zero-order chi connectivity index (χ0) is 21.8. The number of furan rings is 1. The van der Waals surface area contributed by atoms with E-state index in [0.717, 1.165) is 60.3 Å². The fourth-order valence-electron chi connectivity index (χ4n) is 4.44. The van der Waals surface area contributed by atoms with Gasteiger partial charge in [0, 0.05) is 17.0 Å². The van der Waals surface area contributed by atoms with Gasteiger partial charge in [-0.3, -0.25) is 4.79 Å². The molecule has 0 atom stereocenters. The van der Waals surface area contributed by atoms with Gasteiger partial charge < -0.3 is 23.5 Å². The van der Waals surface area contributed by atoms with Crippen molar-refractivity contribution >= 4 is 11.5 Å². The van der Waals surface area contributed by atoms with Crippen LogP contribution in [0.25, 0.3) is 0 Å². The second kappa shape index (κ2) is 9.43. The third-order valence-corrected chi connectivity index (χ3v) is 6.15. The predicted octanol–water partition coefficient (Wildman–Crippen LogP) is 2.73. The summed E-state index contributed by atoms with van der Waals surface area (Å²) >= 11 is 0. The number of ketones is 1. The minimum Gasteiger partial charge on any atom is -0.492 e. The summed E-state index contributed by atoms with van der Waals surface area (Å²) in [5.74, 6) is 2.06. The molecule has 2 aromatic heterocycles. The molecule has 0 aliphatic carbocycles. The maximum atomic E-state index is 13.1. The Bertz CT molecular complexity index is 1010. The molecule has 164 valence electrons. The number of hydrogen-bond donors (Lipinski definition) is 1. The van der Waals surface area contributed by atoms with Crippen LogP contribution in [0.1, 0.15) is 34.4 Å². The molecule has 6 nitrogen and oxygen atoms in total. The van der Waals surface area contributed by atoms with Gasteiger partial charge in [0.05, 0.1) is 51.3 Å². The van der Waals surface area contributed by atoms with E-state index in [1.807, 2.05) is 51.1 Å². The fourth-order valence-corrected chi connectivity index (χ4v) is 4.44. The maximum absolute atomic E-state index is 13.1. The maximum Gasteiger partial charge on any atom is 0.218 e. The Hall–Kier alpha value is -2.99. The Morgan fingerprint density at radius 1 is 1.13 bits per heavy atom. The van der Waals surface area contributed by atoms with Gasteiger partial charge in [0.25, 0.3) is 0 Å². The van der Waals surface area contributed by atoms with Crippen LogP contribution in [-0.4, -0.2) is 49.7 Å². The van der Waals surface area contributed by atoms with E-state index in [-0.39, 0.29) is 5.78 Å². The number of para-hydroxylation sites is 2. The average Bonchev–Trinajstić information content (AvgIpc) is 3.39. The quantitative estimate of drug-likeness (QED) is 0.567. The Kier molecular flexibility index (Phi) is 6.47. The van der Waals surface area contributed by atoms with Crippen molar-refractivity contribution in [3.05, 3.63) is 71.4 Å². The number of rotatable bonds is 8. The lowest BCUT2D eigenvalue weighted by molar-refractivity contribution is -0.892. The number of ether oxygens (including phenoxy) is 1. The summed E-state index contributed by atoms with van der Waals surface area (Å²) in [6.07, 6.45) is 1.69. The number of aryl methyl sites for hydroxylation is 1. The SMILES string of the molecule is CCOc1ccccc1N1CC[NH+](CC(=O)c2cc(C)n(Cc3ccco3)c2C)CC1. The number of anilines is 1. The highest BCUT2D eigenvalue weighted by atomic mass is 16.5. The van der Waals surface area contributed by atoms with Crippen LogP contribution < -0.4 is 14.5 Å². The molecule has 6 heteroatoms. The van der Waals surface area contributed by atoms with Crippen LogP contribution in [0.2, 0.25) is 0 Å². The summed E-state index contributed by atoms with van der Waals surface area (Å²) in [7, 11) is 0. The number of nitrogens with zero attached hydrogens (tertiary/aromatic N) is 2. The molecule has 0 amide bonds. The van der Waals surface area contributed by atoms with E-state index < -0.39 is 0 Å². The summed E-state index contributed by atoms with van der Waals surface area (Å²) in [6.45, 7) is 11.7. The van der Waals surface area contributed by atoms with Gasteiger partial charge in [0.15, 0.2) is 0 Å². The molecular formula is C25H32N3O3+. The second-order valence-corrected chi connectivity index (χ2v) is 8.19. The third-order valence-electron chi connectivity index (χ3n) is 6.15. The number of benzene rings is 1. The molecule has 0 spiro atoms. The summed E-state index contributed by atoms with van der Waals surface area (Å²) in [4.78, 5) is 16.8. The molecular weight excluding hydrogens is 390 g/mol. The lowest BCUT2D eigenvalue weighted by Gasteiger charge is -2.34. The fraction of sp³-hybridized carbons (Fsp3) is 0.400. The summed E-state index contributed by atoms with van der Waals surface area (Å²) in [5, 5.41) is 0. The normalized spacial score (nSPS) is 14.7. The molecule has 1 N–H and O–H groups in total. The molecule has 3 aromatic rings. The molecule has 0 radical (unpaired) electrons. The number of aromatic nitrogens is 1. The van der Waals surface area contributed by atoms with Crippen molar-refractivity contribution in [3.8, 4) is 5.75 Å². The van der Waals surface area contributed by atoms with Gasteiger partial charge in [-0.2, -0.15) is 0 Å². The van der Waals surface area contributed by atoms with Crippen molar-refractivity contribution in [2.45, 2.75) is 27.3 Å². The van der Waals surface area contributed by atoms with Gasteiger partial charge in [-0.15, -0.1) is 0 Å². The largest absolute Gasteiger partial charge is 0.492 e. The first-order valence-corrected chi connectivity index (χ1v) is 11.1. The average molecular weight is 423 g/mol. The summed E-state index contributed by atoms with van der Waals surface area (Å²) in [5.41, 5.74) is 4.09. The number of quaternary nitrogens is 1. The van der Waals surface area contributed by atoms with Crippen LogP contribution in [0.15, 0.2) is 53.1 Å². The summed E-state index contributed by atoms with van der Waals surface area (Å²) in [6, 6.07) is 14.1. The molecule has 0 saturated carbocycles. The van der Waals surface area contributed by atoms with Gasteiger partial charge >= 0.3 is 0 Å². The Balaban J connectivity index is 1.38. The number of piperazine rings is 1. The molecule has 1 aliphatic heterocycles. The number of hydrogen-bond acceptors (Lipinski definition) is 4. The second-order valence-electron chi connectivity index (χ2n) is 8.19. The van der Waals surface area contributed by atoms with Crippen molar-refractivity contribution in [1.29, 1.82) is 0 Å². The van der Waals surface area contributed by atoms with Crippen molar-refractivity contribution < 1.29 is 18.8 Å². The van der Waals surface area contributed by atoms with Crippen LogP contribution in [0, 0.1) is 13.8 Å². The van der Waals surface area contributed by atoms with Crippen molar-refractivity contribution in [2.24, 2.45) is 0 Å². The summed E-state index contributed by atoms with van der Waals surface area (Å²) < 4.78 is 13.4. The van der Waals surface area contributed by atoms with E-state index in [2.05, 4.69) is 21.6 Å². The molecule has 1 fully saturated rings. The molecule has 31 heavy (non-hydrogen) atoms. The van der Waals surface area contributed by atoms with Crippen molar-refractivity contribution in [1.82, 2.24) is 4.57 Å². The number of carbonyl (C=O) groups excluding carboxylic acids is 1. The lowest BCUT2D eigenvalue weighted by atomic mass is 10.1. The van der Waals surface area contributed by atoms with Gasteiger partial charge in [-0.25, -0.2) is 0 Å². The highest BCUT2D eigenvalue weighted by Gasteiger charge is 2.26. The van der Waals surface area contributed by atoms with Crippen LogP contribution in [0.3, 0.4) is 0 Å². The van der Waals surface area contributed by atoms with Crippen LogP contribution >= 0.6 is 0 Å². The topological polar surface area (TPSA) is 52.1 Å². The first kappa shape index (κ1) is 21.2. The van der Waals surface area contributed by atoms with E-state index in [0.29, 0.717) is 19.7 Å². The predicted molar refractivity (Wildman–Crippen MR) is 121 cm³/mol. The Morgan fingerprint density at radius 2 is 1.90 bits per heavy atom. The Labute approximate surface area is 184 Å². The van der Waals surface area contributed by atoms with E-state index >= 15 is 0 Å². The van der Waals surface area contributed by atoms with Crippen molar-refractivity contribution in [3.63, 3.8) is 0 Å². The Morgan fingerprint density at radius 3 is 2.61 bits per heavy atom. The zero-order valence-electron chi connectivity index (χ0n) is 18.7. The standard InChI is InChI=1S/C25H31N3O3/c1-4-30-25-10-6-5-9-23(25)27-13-11-26(12-14-27)18-24(29)22-16-19(2)28(20(22)3)17-21-8-7-15-31-21/h5-10,15-16H,4,11-14,17-18H2,1-3H3/p+1. The van der Waals surface area contributed by atoms with Crippen LogP contribution in [-0.2, 0) is 6.54 Å². The van der Waals surface area contributed by atoms with E-state index in [4.69, 9.17) is 9.15 Å². The monoisotopic (exact) mass is 422 g/mol. The van der Waals surface area contributed by atoms with Crippen LogP contribution in [0.4, 0.5) is 5.69 Å². The lowest BCUT2D eigenvalue weighted by Crippen LogP contribution is -3.15. The molecule has 1 saturated heterocycles. The van der Waals surface area contributed by atoms with E-state index in [1.165, 1.54) is 4.90 Å². The highest BCUT2D eigenvalue weighted by molar-refractivity contribution is 5.98. The molecule has 1 aliphatic rings. The highest BCUT2D eigenvalue weighted by Crippen LogP contribution is 2.27. The number of nitrogens with one attached hydrogen (secondary N) is 1. The molecule has 1 aromatic carbocycles. The number of carbonyl (C=O) groups is 1. The first-order valence-electron chi connectivity index (χ1n) is 11.1. The number of Topliss-reactive ketones (excluding diaryl/α,β-unsaturated/α-hetero) is 1. The molecule has 0 unspecified atom stereocenters. The zero-order valence-corrected chi connectivity index (χ0v) is 18.7. The van der Waals surface area contributed by atoms with Crippen molar-refractivity contribution in [2.75, 3.05) is 44.2 Å². The van der Waals surface area contributed by atoms with Gasteiger partial charge in [-0.05, 0) is 51.1 Å². The minimum absolute atomic E-state index is 0.219. The van der Waals surface area contributed by atoms with E-state index in [1.54, 1.807) is 6.26 Å². The van der Waals surface area contributed by atoms with Gasteiger partial charge in [0.2, 0.25) is 5.78 Å². The smallest absolute Gasteiger partial charge is 0.218 e. The first-order chi connectivity index (χ1) is 15.1. The third kappa shape index (κ3) is 4.69. The van der Waals surface area contributed by atoms with Crippen LogP contribution in [0.5, 0.6) is 5.75 Å². The van der Waals surface area contributed by atoms with Gasteiger partial charge in [0.1, 0.15) is 18.1 Å². The minimum atomic E-state index is 0.219.